The van der Waals surface area contributed by atoms with Crippen LogP contribution in [0, 0.1) is 0 Å². The lowest BCUT2D eigenvalue weighted by Crippen LogP contribution is -2.00. The largest absolute Gasteiger partial charge is 0.222 e. The second kappa shape index (κ2) is 5.55. The Labute approximate surface area is 122 Å². The summed E-state index contributed by atoms with van der Waals surface area (Å²) in [6, 6.07) is 8.65. The van der Waals surface area contributed by atoms with E-state index in [4.69, 9.17) is 4.98 Å². The van der Waals surface area contributed by atoms with E-state index in [9.17, 15) is 0 Å². The highest BCUT2D eigenvalue weighted by Crippen LogP contribution is 2.35. The first-order valence-electron chi connectivity index (χ1n) is 6.40. The minimum absolute atomic E-state index is 0.875. The minimum atomic E-state index is 0.875. The molecule has 19 heavy (non-hydrogen) atoms. The van der Waals surface area contributed by atoms with Crippen LogP contribution < -0.4 is 0 Å². The van der Waals surface area contributed by atoms with Gasteiger partial charge >= 0.3 is 0 Å². The van der Waals surface area contributed by atoms with Gasteiger partial charge in [0.15, 0.2) is 5.16 Å². The van der Waals surface area contributed by atoms with E-state index in [0.29, 0.717) is 0 Å². The zero-order chi connectivity index (χ0) is 13.2. The quantitative estimate of drug-likeness (QED) is 0.472. The number of thioether (sulfide) groups is 2. The van der Waals surface area contributed by atoms with Crippen LogP contribution in [0.2, 0.25) is 0 Å². The van der Waals surface area contributed by atoms with Crippen molar-refractivity contribution in [1.29, 1.82) is 0 Å². The number of fused-ring (bicyclic) bond motifs is 3. The number of hydrogen-bond donors (Lipinski definition) is 0. The summed E-state index contributed by atoms with van der Waals surface area (Å²) in [6.07, 6.45) is 7.53. The number of nitrogens with zero attached hydrogens (tertiary/aromatic N) is 2. The van der Waals surface area contributed by atoms with Crippen molar-refractivity contribution in [3.05, 3.63) is 35.4 Å². The van der Waals surface area contributed by atoms with Gasteiger partial charge in [-0.25, -0.2) is 9.97 Å². The Morgan fingerprint density at radius 2 is 1.84 bits per heavy atom. The van der Waals surface area contributed by atoms with Crippen molar-refractivity contribution in [3.8, 4) is 11.3 Å². The SMILES string of the molecule is CSc1nc(SC)c2c(n1)-c1ccccc1CCC2. The molecular weight excluding hydrogens is 272 g/mol. The Kier molecular flexibility index (Phi) is 3.80. The van der Waals surface area contributed by atoms with Crippen molar-refractivity contribution in [2.75, 3.05) is 12.5 Å². The molecule has 3 rings (SSSR count). The van der Waals surface area contributed by atoms with Crippen LogP contribution in [-0.2, 0) is 12.8 Å². The second-order valence-electron chi connectivity index (χ2n) is 4.56. The van der Waals surface area contributed by atoms with Gasteiger partial charge in [-0.3, -0.25) is 0 Å². The zero-order valence-electron chi connectivity index (χ0n) is 11.1. The van der Waals surface area contributed by atoms with Crippen LogP contribution in [0.4, 0.5) is 0 Å². The van der Waals surface area contributed by atoms with E-state index in [0.717, 1.165) is 28.7 Å². The lowest BCUT2D eigenvalue weighted by Gasteiger charge is -2.12. The van der Waals surface area contributed by atoms with Crippen LogP contribution in [0.15, 0.2) is 34.4 Å². The van der Waals surface area contributed by atoms with E-state index in [-0.39, 0.29) is 0 Å². The Balaban J connectivity index is 2.27. The van der Waals surface area contributed by atoms with Gasteiger partial charge < -0.3 is 0 Å². The molecule has 1 heterocycles. The molecule has 1 aromatic carbocycles. The molecule has 4 heteroatoms. The molecule has 2 aromatic rings. The monoisotopic (exact) mass is 288 g/mol. The maximum absolute atomic E-state index is 4.78. The van der Waals surface area contributed by atoms with Gasteiger partial charge in [0.05, 0.1) is 5.69 Å². The zero-order valence-corrected chi connectivity index (χ0v) is 12.8. The number of benzene rings is 1. The lowest BCUT2D eigenvalue weighted by atomic mass is 10.0. The summed E-state index contributed by atoms with van der Waals surface area (Å²) in [5.74, 6) is 0. The van der Waals surface area contributed by atoms with Crippen molar-refractivity contribution >= 4 is 23.5 Å². The molecule has 0 atom stereocenters. The first kappa shape index (κ1) is 13.0. The number of hydrogen-bond acceptors (Lipinski definition) is 4. The van der Waals surface area contributed by atoms with Gasteiger partial charge in [0, 0.05) is 11.1 Å². The fourth-order valence-corrected chi connectivity index (χ4v) is 3.62. The summed E-state index contributed by atoms with van der Waals surface area (Å²) >= 11 is 3.35. The first-order chi connectivity index (χ1) is 9.33. The molecule has 0 unspecified atom stereocenters. The fraction of sp³-hybridized carbons (Fsp3) is 0.333. The minimum Gasteiger partial charge on any atom is -0.222 e. The van der Waals surface area contributed by atoms with Crippen molar-refractivity contribution in [1.82, 2.24) is 9.97 Å². The summed E-state index contributed by atoms with van der Waals surface area (Å²) in [7, 11) is 0. The highest BCUT2D eigenvalue weighted by molar-refractivity contribution is 7.99. The second-order valence-corrected chi connectivity index (χ2v) is 6.13. The lowest BCUT2D eigenvalue weighted by molar-refractivity contribution is 0.786. The summed E-state index contributed by atoms with van der Waals surface area (Å²) < 4.78 is 0. The number of rotatable bonds is 2. The van der Waals surface area contributed by atoms with Crippen molar-refractivity contribution in [2.24, 2.45) is 0 Å². The summed E-state index contributed by atoms with van der Waals surface area (Å²) in [4.78, 5) is 9.43. The molecule has 1 aliphatic rings. The Hall–Kier alpha value is -1.00. The van der Waals surface area contributed by atoms with Crippen LogP contribution in [0.25, 0.3) is 11.3 Å². The predicted octanol–water partition coefficient (Wildman–Crippen LogP) is 4.08. The summed E-state index contributed by atoms with van der Waals surface area (Å²) in [6.45, 7) is 0. The first-order valence-corrected chi connectivity index (χ1v) is 8.85. The Morgan fingerprint density at radius 1 is 1.00 bits per heavy atom. The molecule has 0 saturated heterocycles. The molecule has 0 saturated carbocycles. The summed E-state index contributed by atoms with van der Waals surface area (Å²) in [5.41, 5.74) is 5.19. The van der Waals surface area contributed by atoms with Crippen LogP contribution >= 0.6 is 23.5 Å². The standard InChI is InChI=1S/C15H16N2S2/c1-18-14-12-9-5-7-10-6-3-4-8-11(10)13(12)16-15(17-14)19-2/h3-4,6,8H,5,7,9H2,1-2H3. The van der Waals surface area contributed by atoms with Gasteiger partial charge in [0.2, 0.25) is 0 Å². The predicted molar refractivity (Wildman–Crippen MR) is 83.1 cm³/mol. The smallest absolute Gasteiger partial charge is 0.188 e. The fourth-order valence-electron chi connectivity index (χ4n) is 2.58. The topological polar surface area (TPSA) is 25.8 Å². The number of aromatic nitrogens is 2. The molecule has 98 valence electrons. The van der Waals surface area contributed by atoms with Crippen molar-refractivity contribution < 1.29 is 0 Å². The van der Waals surface area contributed by atoms with Crippen molar-refractivity contribution in [2.45, 2.75) is 29.4 Å². The Bertz CT molecular complexity index is 611. The normalized spacial score (nSPS) is 13.6. The van der Waals surface area contributed by atoms with Crippen LogP contribution in [0.5, 0.6) is 0 Å². The third-order valence-electron chi connectivity index (χ3n) is 3.47. The maximum atomic E-state index is 4.78. The van der Waals surface area contributed by atoms with E-state index < -0.39 is 0 Å². The third kappa shape index (κ3) is 2.39. The Morgan fingerprint density at radius 3 is 2.63 bits per heavy atom. The molecular formula is C15H16N2S2. The molecule has 0 radical (unpaired) electrons. The van der Waals surface area contributed by atoms with E-state index in [1.807, 2.05) is 6.26 Å². The average molecular weight is 288 g/mol. The molecule has 1 aliphatic carbocycles. The summed E-state index contributed by atoms with van der Waals surface area (Å²) in [5, 5.41) is 2.02. The van der Waals surface area contributed by atoms with Gasteiger partial charge in [-0.1, -0.05) is 36.0 Å². The third-order valence-corrected chi connectivity index (χ3v) is 4.74. The van der Waals surface area contributed by atoms with Crippen LogP contribution in [-0.4, -0.2) is 22.5 Å². The number of aryl methyl sites for hydroxylation is 1. The molecule has 0 fully saturated rings. The van der Waals surface area contributed by atoms with Gasteiger partial charge in [-0.2, -0.15) is 0 Å². The van der Waals surface area contributed by atoms with Gasteiger partial charge in [0.1, 0.15) is 5.03 Å². The van der Waals surface area contributed by atoms with Gasteiger partial charge in [0.25, 0.3) is 0 Å². The van der Waals surface area contributed by atoms with E-state index in [1.165, 1.54) is 23.1 Å². The van der Waals surface area contributed by atoms with E-state index >= 15 is 0 Å². The molecule has 1 aromatic heterocycles. The highest BCUT2D eigenvalue weighted by Gasteiger charge is 2.20. The highest BCUT2D eigenvalue weighted by atomic mass is 32.2. The van der Waals surface area contributed by atoms with Crippen molar-refractivity contribution in [3.63, 3.8) is 0 Å². The molecule has 2 nitrogen and oxygen atoms in total. The van der Waals surface area contributed by atoms with E-state index in [2.05, 4.69) is 35.5 Å². The van der Waals surface area contributed by atoms with Gasteiger partial charge in [-0.05, 0) is 37.3 Å². The molecule has 0 spiro atoms. The van der Waals surface area contributed by atoms with Gasteiger partial charge in [-0.15, -0.1) is 11.8 Å². The molecule has 0 bridgehead atoms. The maximum Gasteiger partial charge on any atom is 0.188 e. The molecule has 0 aliphatic heterocycles. The molecule has 0 N–H and O–H groups in total. The van der Waals surface area contributed by atoms with E-state index in [1.54, 1.807) is 23.5 Å². The molecule has 0 amide bonds. The van der Waals surface area contributed by atoms with Crippen LogP contribution in [0.3, 0.4) is 0 Å². The van der Waals surface area contributed by atoms with Crippen LogP contribution in [0.1, 0.15) is 17.5 Å². The average Bonchev–Trinajstić information content (AvgIpc) is 2.65.